The van der Waals surface area contributed by atoms with Gasteiger partial charge in [-0.05, 0) is 0 Å². The molecule has 0 rings (SSSR count). The quantitative estimate of drug-likeness (QED) is 0.498. The third-order valence-electron chi connectivity index (χ3n) is 0.319. The fourth-order valence-corrected chi connectivity index (χ4v) is 0.574. The van der Waals surface area contributed by atoms with E-state index in [0.29, 0.717) is 5.41 Å². The van der Waals surface area contributed by atoms with Crippen molar-refractivity contribution in [1.82, 2.24) is 0 Å². The largest absolute Gasteiger partial charge is 0.481 e. The zero-order valence-corrected chi connectivity index (χ0v) is 5.01. The highest BCUT2D eigenvalue weighted by molar-refractivity contribution is 7.93. The molecule has 0 bridgehead atoms. The van der Waals surface area contributed by atoms with Crippen molar-refractivity contribution in [3.63, 3.8) is 0 Å². The lowest BCUT2D eigenvalue weighted by molar-refractivity contribution is 0.192. The molecule has 0 atom stereocenters. The summed E-state index contributed by atoms with van der Waals surface area (Å²) in [5.74, 6) is -1.19. The van der Waals surface area contributed by atoms with Crippen molar-refractivity contribution in [3.8, 4) is 0 Å². The van der Waals surface area contributed by atoms with Crippen molar-refractivity contribution in [1.29, 1.82) is 0 Å². The maximum absolute atomic E-state index is 10.0. The summed E-state index contributed by atoms with van der Waals surface area (Å²) in [5.41, 5.74) is 0. The molecule has 48 valence electrons. The van der Waals surface area contributed by atoms with Crippen LogP contribution in [0.1, 0.15) is 0 Å². The summed E-state index contributed by atoms with van der Waals surface area (Å²) in [7, 11) is -3.39. The van der Waals surface area contributed by atoms with Crippen LogP contribution >= 0.6 is 0 Å². The molecule has 0 aliphatic heterocycles. The molecule has 0 aliphatic rings. The lowest BCUT2D eigenvalue weighted by Gasteiger charge is -1.83. The lowest BCUT2D eigenvalue weighted by Crippen LogP contribution is -1.91. The molecule has 0 aromatic rings. The van der Waals surface area contributed by atoms with Crippen molar-refractivity contribution in [3.05, 3.63) is 11.4 Å². The van der Waals surface area contributed by atoms with Gasteiger partial charge in [0.05, 0.1) is 0 Å². The Morgan fingerprint density at radius 2 is 1.88 bits per heavy atom. The highest BCUT2D eigenvalue weighted by Crippen LogP contribution is 1.87. The van der Waals surface area contributed by atoms with Gasteiger partial charge < -0.3 is 10.2 Å². The van der Waals surface area contributed by atoms with Gasteiger partial charge in [-0.3, -0.25) is 0 Å². The summed E-state index contributed by atoms with van der Waals surface area (Å²) in [6.45, 7) is 0. The van der Waals surface area contributed by atoms with Gasteiger partial charge in [0.25, 0.3) is 5.95 Å². The highest BCUT2D eigenvalue weighted by Gasteiger charge is 1.96. The summed E-state index contributed by atoms with van der Waals surface area (Å²) >= 11 is 0. The number of aliphatic hydroxyl groups is 2. The van der Waals surface area contributed by atoms with E-state index >= 15 is 0 Å². The predicted octanol–water partition coefficient (Wildman–Crippen LogP) is -0.0541. The molecule has 0 aromatic heterocycles. The fraction of sp³-hybridized carbons (Fsp3) is 0.333. The summed E-state index contributed by atoms with van der Waals surface area (Å²) in [5, 5.41) is 16.2. The Morgan fingerprint density at radius 1 is 1.50 bits per heavy atom. The van der Waals surface area contributed by atoms with Gasteiger partial charge in [0.1, 0.15) is 5.41 Å². The van der Waals surface area contributed by atoms with Gasteiger partial charge in [-0.1, -0.05) is 0 Å². The standard InChI is InChI=1S/C3H6O4S/c1-8(6,7)2-3(4)5/h2,4-5H,1H3. The van der Waals surface area contributed by atoms with E-state index in [1.807, 2.05) is 0 Å². The molecule has 0 saturated heterocycles. The second kappa shape index (κ2) is 2.04. The van der Waals surface area contributed by atoms with Crippen LogP contribution in [0.3, 0.4) is 0 Å². The zero-order valence-electron chi connectivity index (χ0n) is 4.20. The smallest absolute Gasteiger partial charge is 0.285 e. The van der Waals surface area contributed by atoms with Crippen molar-refractivity contribution in [2.24, 2.45) is 0 Å². The van der Waals surface area contributed by atoms with E-state index in [1.165, 1.54) is 0 Å². The molecular formula is C3H6O4S. The molecule has 0 spiro atoms. The molecule has 0 aromatic carbocycles. The minimum absolute atomic E-state index is 0.354. The molecule has 4 nitrogen and oxygen atoms in total. The van der Waals surface area contributed by atoms with Crippen LogP contribution in [0, 0.1) is 0 Å². The van der Waals surface area contributed by atoms with E-state index in [-0.39, 0.29) is 0 Å². The normalized spacial score (nSPS) is 10.6. The van der Waals surface area contributed by atoms with E-state index in [0.717, 1.165) is 6.26 Å². The molecule has 8 heavy (non-hydrogen) atoms. The number of hydrogen-bond donors (Lipinski definition) is 2. The minimum atomic E-state index is -3.39. The van der Waals surface area contributed by atoms with Crippen molar-refractivity contribution >= 4 is 9.84 Å². The molecule has 0 unspecified atom stereocenters. The van der Waals surface area contributed by atoms with Gasteiger partial charge in [0, 0.05) is 6.26 Å². The van der Waals surface area contributed by atoms with E-state index in [4.69, 9.17) is 10.2 Å². The van der Waals surface area contributed by atoms with Crippen LogP contribution in [0.25, 0.3) is 0 Å². The predicted molar refractivity (Wildman–Crippen MR) is 28.2 cm³/mol. The molecular weight excluding hydrogens is 132 g/mol. The summed E-state index contributed by atoms with van der Waals surface area (Å²) in [6, 6.07) is 0. The SMILES string of the molecule is CS(=O)(=O)C=C(O)O. The second-order valence-electron chi connectivity index (χ2n) is 1.31. The summed E-state index contributed by atoms with van der Waals surface area (Å²) in [4.78, 5) is 0. The van der Waals surface area contributed by atoms with Gasteiger partial charge in [-0.2, -0.15) is 0 Å². The number of rotatable bonds is 1. The average molecular weight is 138 g/mol. The maximum Gasteiger partial charge on any atom is 0.285 e. The van der Waals surface area contributed by atoms with Crippen LogP contribution in [-0.4, -0.2) is 24.9 Å². The first kappa shape index (κ1) is 7.29. The fourth-order valence-electron chi connectivity index (χ4n) is 0.191. The summed E-state index contributed by atoms with van der Waals surface area (Å²) in [6.07, 6.45) is 0.861. The molecule has 2 N–H and O–H groups in total. The van der Waals surface area contributed by atoms with Gasteiger partial charge in [-0.15, -0.1) is 0 Å². The molecule has 0 heterocycles. The van der Waals surface area contributed by atoms with Gasteiger partial charge in [0.15, 0.2) is 9.84 Å². The molecule has 0 amide bonds. The van der Waals surface area contributed by atoms with Crippen LogP contribution in [0.2, 0.25) is 0 Å². The van der Waals surface area contributed by atoms with Gasteiger partial charge >= 0.3 is 0 Å². The zero-order chi connectivity index (χ0) is 6.78. The van der Waals surface area contributed by atoms with Crippen LogP contribution in [-0.2, 0) is 9.84 Å². The van der Waals surface area contributed by atoms with Crippen LogP contribution in [0.4, 0.5) is 0 Å². The molecule has 0 aliphatic carbocycles. The first-order valence-corrected chi connectivity index (χ1v) is 3.67. The first-order chi connectivity index (χ1) is 3.42. The monoisotopic (exact) mass is 138 g/mol. The molecule has 5 heteroatoms. The minimum Gasteiger partial charge on any atom is -0.481 e. The Balaban J connectivity index is 4.36. The van der Waals surface area contributed by atoms with Crippen molar-refractivity contribution in [2.45, 2.75) is 0 Å². The third-order valence-corrected chi connectivity index (χ3v) is 0.958. The van der Waals surface area contributed by atoms with Crippen molar-refractivity contribution in [2.75, 3.05) is 6.26 Å². The molecule has 0 radical (unpaired) electrons. The Hall–Kier alpha value is -0.710. The van der Waals surface area contributed by atoms with Gasteiger partial charge in [0.2, 0.25) is 0 Å². The van der Waals surface area contributed by atoms with E-state index in [9.17, 15) is 8.42 Å². The van der Waals surface area contributed by atoms with Crippen molar-refractivity contribution < 1.29 is 18.6 Å². The van der Waals surface area contributed by atoms with Crippen LogP contribution in [0.15, 0.2) is 11.4 Å². The van der Waals surface area contributed by atoms with Crippen LogP contribution < -0.4 is 0 Å². The second-order valence-corrected chi connectivity index (χ2v) is 3.20. The third kappa shape index (κ3) is 5.29. The number of sulfone groups is 1. The van der Waals surface area contributed by atoms with E-state index < -0.39 is 15.8 Å². The first-order valence-electron chi connectivity index (χ1n) is 1.71. The van der Waals surface area contributed by atoms with E-state index in [2.05, 4.69) is 0 Å². The average Bonchev–Trinajstić information content (AvgIpc) is 1.21. The Bertz CT molecular complexity index is 183. The topological polar surface area (TPSA) is 74.6 Å². The molecule has 0 fully saturated rings. The Kier molecular flexibility index (Phi) is 1.86. The van der Waals surface area contributed by atoms with Gasteiger partial charge in [-0.25, -0.2) is 8.42 Å². The Labute approximate surface area is 47.0 Å². The number of aliphatic hydroxyl groups excluding tert-OH is 1. The molecule has 0 saturated carbocycles. The van der Waals surface area contributed by atoms with E-state index in [1.54, 1.807) is 0 Å². The Morgan fingerprint density at radius 3 is 1.88 bits per heavy atom. The highest BCUT2D eigenvalue weighted by atomic mass is 32.2. The number of hydrogen-bond acceptors (Lipinski definition) is 4. The van der Waals surface area contributed by atoms with Crippen LogP contribution in [0.5, 0.6) is 0 Å². The lowest BCUT2D eigenvalue weighted by atomic mass is 11.1. The maximum atomic E-state index is 10.0. The summed E-state index contributed by atoms with van der Waals surface area (Å²) < 4.78 is 20.1.